The van der Waals surface area contributed by atoms with Gasteiger partial charge in [0.05, 0.1) is 0 Å². The van der Waals surface area contributed by atoms with E-state index in [1.165, 1.54) is 0 Å². The third-order valence-corrected chi connectivity index (χ3v) is 2.59. The standard InChI is InChI=1S/C6H7NS/c7-4-1-2-5-6(3-4)8-5/h1-3,5-6H,7H2. The molecule has 1 aliphatic carbocycles. The number of nitrogens with two attached hydrogens (primary N) is 1. The van der Waals surface area contributed by atoms with Crippen LogP contribution in [0.5, 0.6) is 0 Å². The van der Waals surface area contributed by atoms with E-state index < -0.39 is 0 Å². The first-order valence-corrected chi connectivity index (χ1v) is 3.61. The van der Waals surface area contributed by atoms with Crippen molar-refractivity contribution in [1.29, 1.82) is 0 Å². The molecule has 0 spiro atoms. The molecule has 1 saturated heterocycles. The van der Waals surface area contributed by atoms with Crippen molar-refractivity contribution >= 4 is 11.8 Å². The molecule has 0 amide bonds. The first-order chi connectivity index (χ1) is 3.86. The summed E-state index contributed by atoms with van der Waals surface area (Å²) in [5.41, 5.74) is 6.44. The maximum absolute atomic E-state index is 5.51. The minimum Gasteiger partial charge on any atom is -0.399 e. The van der Waals surface area contributed by atoms with E-state index in [9.17, 15) is 0 Å². The molecule has 0 aromatic carbocycles. The molecule has 0 aromatic rings. The second-order valence-corrected chi connectivity index (χ2v) is 3.45. The molecule has 0 bridgehead atoms. The molecule has 42 valence electrons. The molecule has 2 rings (SSSR count). The highest BCUT2D eigenvalue weighted by atomic mass is 32.2. The van der Waals surface area contributed by atoms with Crippen LogP contribution in [0.2, 0.25) is 0 Å². The quantitative estimate of drug-likeness (QED) is 0.486. The monoisotopic (exact) mass is 125 g/mol. The Labute approximate surface area is 52.6 Å². The normalized spacial score (nSPS) is 40.8. The van der Waals surface area contributed by atoms with Crippen LogP contribution in [0.3, 0.4) is 0 Å². The summed E-state index contributed by atoms with van der Waals surface area (Å²) in [6, 6.07) is 0. The molecule has 8 heavy (non-hydrogen) atoms. The second kappa shape index (κ2) is 1.32. The summed E-state index contributed by atoms with van der Waals surface area (Å²) in [5.74, 6) is 0. The zero-order valence-electron chi connectivity index (χ0n) is 4.37. The number of allylic oxidation sites excluding steroid dienone is 1. The Morgan fingerprint density at radius 1 is 1.50 bits per heavy atom. The fourth-order valence-electron chi connectivity index (χ4n) is 0.876. The van der Waals surface area contributed by atoms with Gasteiger partial charge in [-0.2, -0.15) is 0 Å². The Bertz CT molecular complexity index is 171. The lowest BCUT2D eigenvalue weighted by molar-refractivity contribution is 1.16. The highest BCUT2D eigenvalue weighted by molar-refractivity contribution is 8.08. The topological polar surface area (TPSA) is 26.0 Å². The minimum atomic E-state index is 0.722. The molecule has 0 saturated carbocycles. The van der Waals surface area contributed by atoms with Gasteiger partial charge in [0.2, 0.25) is 0 Å². The summed E-state index contributed by atoms with van der Waals surface area (Å²) < 4.78 is 0. The lowest BCUT2D eigenvalue weighted by Crippen LogP contribution is -2.01. The Morgan fingerprint density at radius 3 is 3.00 bits per heavy atom. The van der Waals surface area contributed by atoms with Crippen LogP contribution in [0.1, 0.15) is 0 Å². The van der Waals surface area contributed by atoms with E-state index in [1.54, 1.807) is 0 Å². The Balaban J connectivity index is 2.28. The van der Waals surface area contributed by atoms with Crippen molar-refractivity contribution in [3.63, 3.8) is 0 Å². The van der Waals surface area contributed by atoms with E-state index in [0.29, 0.717) is 0 Å². The van der Waals surface area contributed by atoms with Gasteiger partial charge < -0.3 is 5.73 Å². The molecule has 1 aliphatic heterocycles. The van der Waals surface area contributed by atoms with Crippen LogP contribution in [0.4, 0.5) is 0 Å². The van der Waals surface area contributed by atoms with Crippen molar-refractivity contribution in [2.45, 2.75) is 10.5 Å². The van der Waals surface area contributed by atoms with Crippen LogP contribution in [-0.2, 0) is 0 Å². The number of thioether (sulfide) groups is 1. The lowest BCUT2D eigenvalue weighted by Gasteiger charge is -1.94. The number of rotatable bonds is 0. The SMILES string of the molecule is NC1=CC2SC2C=C1. The number of hydrogen-bond acceptors (Lipinski definition) is 2. The van der Waals surface area contributed by atoms with Crippen LogP contribution in [0.25, 0.3) is 0 Å². The highest BCUT2D eigenvalue weighted by Crippen LogP contribution is 2.45. The van der Waals surface area contributed by atoms with Crippen LogP contribution in [0.15, 0.2) is 23.9 Å². The molecule has 2 unspecified atom stereocenters. The van der Waals surface area contributed by atoms with E-state index in [-0.39, 0.29) is 0 Å². The third-order valence-electron chi connectivity index (χ3n) is 1.40. The van der Waals surface area contributed by atoms with Gasteiger partial charge in [-0.25, -0.2) is 0 Å². The van der Waals surface area contributed by atoms with Crippen LogP contribution in [0, 0.1) is 0 Å². The Kier molecular flexibility index (Phi) is 0.742. The molecule has 2 aliphatic rings. The van der Waals surface area contributed by atoms with Crippen molar-refractivity contribution < 1.29 is 0 Å². The van der Waals surface area contributed by atoms with Crippen LogP contribution >= 0.6 is 11.8 Å². The molecule has 1 fully saturated rings. The Hall–Kier alpha value is -0.370. The van der Waals surface area contributed by atoms with Crippen molar-refractivity contribution in [2.75, 3.05) is 0 Å². The van der Waals surface area contributed by atoms with Gasteiger partial charge in [-0.3, -0.25) is 0 Å². The number of fused-ring (bicyclic) bond motifs is 1. The van der Waals surface area contributed by atoms with Gasteiger partial charge in [0.15, 0.2) is 0 Å². The predicted molar refractivity (Wildman–Crippen MR) is 36.6 cm³/mol. The lowest BCUT2D eigenvalue weighted by atomic mass is 10.2. The van der Waals surface area contributed by atoms with Gasteiger partial charge in [0.1, 0.15) is 0 Å². The molecular formula is C6H7NS. The van der Waals surface area contributed by atoms with E-state index in [1.807, 2.05) is 17.8 Å². The van der Waals surface area contributed by atoms with E-state index in [2.05, 4.69) is 12.2 Å². The largest absolute Gasteiger partial charge is 0.399 e. The van der Waals surface area contributed by atoms with Crippen molar-refractivity contribution in [3.05, 3.63) is 23.9 Å². The van der Waals surface area contributed by atoms with Gasteiger partial charge in [-0.15, -0.1) is 11.8 Å². The smallest absolute Gasteiger partial charge is 0.0410 e. The minimum absolute atomic E-state index is 0.722. The zero-order chi connectivity index (χ0) is 5.56. The molecule has 0 aromatic heterocycles. The third kappa shape index (κ3) is 0.564. The molecule has 2 N–H and O–H groups in total. The summed E-state index contributed by atoms with van der Waals surface area (Å²) in [5, 5.41) is 1.49. The van der Waals surface area contributed by atoms with Crippen LogP contribution in [-0.4, -0.2) is 10.5 Å². The fraction of sp³-hybridized carbons (Fsp3) is 0.333. The van der Waals surface area contributed by atoms with Crippen molar-refractivity contribution in [3.8, 4) is 0 Å². The van der Waals surface area contributed by atoms with Gasteiger partial charge in [0, 0.05) is 16.2 Å². The van der Waals surface area contributed by atoms with Gasteiger partial charge >= 0.3 is 0 Å². The zero-order valence-corrected chi connectivity index (χ0v) is 5.19. The average Bonchev–Trinajstić information content (AvgIpc) is 2.43. The fourth-order valence-corrected chi connectivity index (χ4v) is 1.72. The summed E-state index contributed by atoms with van der Waals surface area (Å²) >= 11 is 1.96. The number of hydrogen-bond donors (Lipinski definition) is 1. The van der Waals surface area contributed by atoms with Gasteiger partial charge in [-0.1, -0.05) is 6.08 Å². The summed E-state index contributed by atoms with van der Waals surface area (Å²) in [7, 11) is 0. The van der Waals surface area contributed by atoms with E-state index >= 15 is 0 Å². The van der Waals surface area contributed by atoms with Crippen LogP contribution < -0.4 is 5.73 Å². The predicted octanol–water partition coefficient (Wildman–Crippen LogP) is 0.883. The molecule has 2 heteroatoms. The average molecular weight is 125 g/mol. The molecule has 0 radical (unpaired) electrons. The summed E-state index contributed by atoms with van der Waals surface area (Å²) in [4.78, 5) is 0. The Morgan fingerprint density at radius 2 is 2.38 bits per heavy atom. The first kappa shape index (κ1) is 4.50. The molecular weight excluding hydrogens is 118 g/mol. The summed E-state index contributed by atoms with van der Waals surface area (Å²) in [6.45, 7) is 0. The van der Waals surface area contributed by atoms with Gasteiger partial charge in [0.25, 0.3) is 0 Å². The van der Waals surface area contributed by atoms with E-state index in [4.69, 9.17) is 5.73 Å². The highest BCUT2D eigenvalue weighted by Gasteiger charge is 2.35. The molecule has 1 heterocycles. The first-order valence-electron chi connectivity index (χ1n) is 2.67. The molecule has 1 nitrogen and oxygen atoms in total. The maximum Gasteiger partial charge on any atom is 0.0410 e. The van der Waals surface area contributed by atoms with Crippen molar-refractivity contribution in [2.24, 2.45) is 5.73 Å². The summed E-state index contributed by atoms with van der Waals surface area (Å²) in [6.07, 6.45) is 6.28. The second-order valence-electron chi connectivity index (χ2n) is 2.09. The molecule has 2 atom stereocenters. The maximum atomic E-state index is 5.51. The van der Waals surface area contributed by atoms with E-state index in [0.717, 1.165) is 16.2 Å². The van der Waals surface area contributed by atoms with Gasteiger partial charge in [-0.05, 0) is 12.2 Å². The van der Waals surface area contributed by atoms with Crippen molar-refractivity contribution in [1.82, 2.24) is 0 Å².